The van der Waals surface area contributed by atoms with E-state index in [1.165, 1.54) is 6.42 Å². The summed E-state index contributed by atoms with van der Waals surface area (Å²) in [5, 5.41) is 10.5. The smallest absolute Gasteiger partial charge is 0.251 e. The van der Waals surface area contributed by atoms with Crippen LogP contribution >= 0.6 is 0 Å². The third-order valence-corrected chi connectivity index (χ3v) is 4.40. The fourth-order valence-electron chi connectivity index (χ4n) is 2.94. The summed E-state index contributed by atoms with van der Waals surface area (Å²) in [5.41, 5.74) is 5.08. The molecule has 0 aromatic heterocycles. The summed E-state index contributed by atoms with van der Waals surface area (Å²) >= 11 is 0. The molecular formula is C13H23F2NO. The summed E-state index contributed by atoms with van der Waals surface area (Å²) in [6.07, 6.45) is 6.95. The highest BCUT2D eigenvalue weighted by Crippen LogP contribution is 2.52. The zero-order valence-corrected chi connectivity index (χ0v) is 10.3. The lowest BCUT2D eigenvalue weighted by molar-refractivity contribution is -0.0177. The van der Waals surface area contributed by atoms with Gasteiger partial charge in [-0.25, -0.2) is 8.78 Å². The predicted octanol–water partition coefficient (Wildman–Crippen LogP) is 2.83. The van der Waals surface area contributed by atoms with Gasteiger partial charge < -0.3 is 10.8 Å². The molecule has 0 heterocycles. The van der Waals surface area contributed by atoms with Gasteiger partial charge in [0.05, 0.1) is 5.60 Å². The molecule has 3 N–H and O–H groups in total. The van der Waals surface area contributed by atoms with Crippen molar-refractivity contribution in [2.24, 2.45) is 11.7 Å². The second kappa shape index (κ2) is 4.81. The van der Waals surface area contributed by atoms with E-state index in [1.807, 2.05) is 0 Å². The summed E-state index contributed by atoms with van der Waals surface area (Å²) in [5.74, 6) is -3.11. The zero-order valence-electron chi connectivity index (χ0n) is 10.3. The molecule has 2 fully saturated rings. The molecule has 2 rings (SSSR count). The molecule has 2 atom stereocenters. The van der Waals surface area contributed by atoms with Crippen molar-refractivity contribution in [2.45, 2.75) is 75.4 Å². The molecule has 0 aliphatic heterocycles. The van der Waals surface area contributed by atoms with Gasteiger partial charge >= 0.3 is 0 Å². The van der Waals surface area contributed by atoms with Gasteiger partial charge in [0.2, 0.25) is 0 Å². The van der Waals surface area contributed by atoms with E-state index in [0.717, 1.165) is 25.7 Å². The molecule has 2 nitrogen and oxygen atoms in total. The Kier molecular flexibility index (Phi) is 3.74. The van der Waals surface area contributed by atoms with Gasteiger partial charge in [0.15, 0.2) is 0 Å². The molecule has 4 heteroatoms. The summed E-state index contributed by atoms with van der Waals surface area (Å²) in [4.78, 5) is 0. The maximum Gasteiger partial charge on any atom is 0.251 e. The van der Waals surface area contributed by atoms with Crippen molar-refractivity contribution in [1.82, 2.24) is 0 Å². The topological polar surface area (TPSA) is 46.2 Å². The fourth-order valence-corrected chi connectivity index (χ4v) is 2.94. The highest BCUT2D eigenvalue weighted by Gasteiger charge is 2.57. The van der Waals surface area contributed by atoms with E-state index < -0.39 is 23.5 Å². The number of nitrogens with two attached hydrogens (primary N) is 1. The van der Waals surface area contributed by atoms with E-state index in [0.29, 0.717) is 12.8 Å². The van der Waals surface area contributed by atoms with Crippen molar-refractivity contribution in [1.29, 1.82) is 0 Å². The molecule has 0 saturated heterocycles. The van der Waals surface area contributed by atoms with Crippen LogP contribution in [0.3, 0.4) is 0 Å². The molecule has 2 aliphatic rings. The highest BCUT2D eigenvalue weighted by atomic mass is 19.3. The van der Waals surface area contributed by atoms with Gasteiger partial charge in [0, 0.05) is 18.4 Å². The van der Waals surface area contributed by atoms with Gasteiger partial charge in [-0.15, -0.1) is 0 Å². The first-order valence-corrected chi connectivity index (χ1v) is 6.80. The molecule has 0 aromatic rings. The van der Waals surface area contributed by atoms with Crippen molar-refractivity contribution in [3.05, 3.63) is 0 Å². The average Bonchev–Trinajstić information content (AvgIpc) is 2.80. The lowest BCUT2D eigenvalue weighted by atomic mass is 9.80. The first-order chi connectivity index (χ1) is 7.94. The van der Waals surface area contributed by atoms with Crippen molar-refractivity contribution in [2.75, 3.05) is 0 Å². The monoisotopic (exact) mass is 247 g/mol. The minimum Gasteiger partial charge on any atom is -0.388 e. The summed E-state index contributed by atoms with van der Waals surface area (Å²) in [6.45, 7) is 0. The maximum atomic E-state index is 12.9. The normalized spacial score (nSPS) is 33.5. The molecule has 0 amide bonds. The Labute approximate surface area is 102 Å². The molecule has 0 bridgehead atoms. The summed E-state index contributed by atoms with van der Waals surface area (Å²) in [7, 11) is 0. The van der Waals surface area contributed by atoms with Gasteiger partial charge in [0.1, 0.15) is 0 Å². The summed E-state index contributed by atoms with van der Waals surface area (Å²) < 4.78 is 25.7. The van der Waals surface area contributed by atoms with Crippen LogP contribution in [0.2, 0.25) is 0 Å². The second-order valence-electron chi connectivity index (χ2n) is 5.88. The first kappa shape index (κ1) is 13.2. The SMILES string of the molecule is NC(CC1CC1(F)F)C1(O)CCCCCCC1. The Bertz CT molecular complexity index is 262. The van der Waals surface area contributed by atoms with Crippen LogP contribution in [0.5, 0.6) is 0 Å². The predicted molar refractivity (Wildman–Crippen MR) is 62.9 cm³/mol. The fraction of sp³-hybridized carbons (Fsp3) is 1.00. The van der Waals surface area contributed by atoms with Crippen LogP contribution in [0.1, 0.15) is 57.8 Å². The zero-order chi connectivity index (χ0) is 12.5. The van der Waals surface area contributed by atoms with Gasteiger partial charge in [0.25, 0.3) is 5.92 Å². The molecule has 2 saturated carbocycles. The lowest BCUT2D eigenvalue weighted by Crippen LogP contribution is -2.48. The van der Waals surface area contributed by atoms with E-state index >= 15 is 0 Å². The van der Waals surface area contributed by atoms with Gasteiger partial charge in [-0.2, -0.15) is 0 Å². The average molecular weight is 247 g/mol. The van der Waals surface area contributed by atoms with Crippen LogP contribution in [0.4, 0.5) is 8.78 Å². The Balaban J connectivity index is 1.88. The maximum absolute atomic E-state index is 12.9. The number of hydrogen-bond acceptors (Lipinski definition) is 2. The molecular weight excluding hydrogens is 224 g/mol. The second-order valence-corrected chi connectivity index (χ2v) is 5.88. The van der Waals surface area contributed by atoms with Crippen molar-refractivity contribution in [3.63, 3.8) is 0 Å². The van der Waals surface area contributed by atoms with Gasteiger partial charge in [-0.3, -0.25) is 0 Å². The molecule has 2 unspecified atom stereocenters. The number of hydrogen-bond donors (Lipinski definition) is 2. The molecule has 0 spiro atoms. The summed E-state index contributed by atoms with van der Waals surface area (Å²) in [6, 6.07) is -0.487. The van der Waals surface area contributed by atoms with Gasteiger partial charge in [-0.05, 0) is 19.3 Å². The standard InChI is InChI=1S/C13H23F2NO/c14-13(15)9-10(13)8-11(16)12(17)6-4-2-1-3-5-7-12/h10-11,17H,1-9,16H2. The Hall–Kier alpha value is -0.220. The van der Waals surface area contributed by atoms with Crippen LogP contribution in [0, 0.1) is 5.92 Å². The van der Waals surface area contributed by atoms with Crippen LogP contribution < -0.4 is 5.73 Å². The van der Waals surface area contributed by atoms with Crippen LogP contribution in [-0.4, -0.2) is 22.7 Å². The highest BCUT2D eigenvalue weighted by molar-refractivity contribution is 5.01. The van der Waals surface area contributed by atoms with Gasteiger partial charge in [-0.1, -0.05) is 32.1 Å². The number of rotatable bonds is 3. The number of aliphatic hydroxyl groups is 1. The minimum absolute atomic E-state index is 0.0449. The molecule has 0 aromatic carbocycles. The van der Waals surface area contributed by atoms with Crippen LogP contribution in [0.15, 0.2) is 0 Å². The Morgan fingerprint density at radius 2 is 1.59 bits per heavy atom. The molecule has 17 heavy (non-hydrogen) atoms. The quantitative estimate of drug-likeness (QED) is 0.805. The largest absolute Gasteiger partial charge is 0.388 e. The van der Waals surface area contributed by atoms with Crippen molar-refractivity contribution < 1.29 is 13.9 Å². The van der Waals surface area contributed by atoms with E-state index in [9.17, 15) is 13.9 Å². The third-order valence-electron chi connectivity index (χ3n) is 4.40. The first-order valence-electron chi connectivity index (χ1n) is 6.80. The van der Waals surface area contributed by atoms with Crippen LogP contribution in [-0.2, 0) is 0 Å². The van der Waals surface area contributed by atoms with Crippen LogP contribution in [0.25, 0.3) is 0 Å². The lowest BCUT2D eigenvalue weighted by Gasteiger charge is -2.35. The third kappa shape index (κ3) is 3.16. The number of halogens is 2. The molecule has 2 aliphatic carbocycles. The number of alkyl halides is 2. The van der Waals surface area contributed by atoms with E-state index in [2.05, 4.69) is 0 Å². The van der Waals surface area contributed by atoms with E-state index in [1.54, 1.807) is 0 Å². The van der Waals surface area contributed by atoms with E-state index in [-0.39, 0.29) is 12.8 Å². The van der Waals surface area contributed by atoms with E-state index in [4.69, 9.17) is 5.73 Å². The van der Waals surface area contributed by atoms with Crippen molar-refractivity contribution >= 4 is 0 Å². The van der Waals surface area contributed by atoms with Crippen molar-refractivity contribution in [3.8, 4) is 0 Å². The Morgan fingerprint density at radius 1 is 1.12 bits per heavy atom. The Morgan fingerprint density at radius 3 is 2.06 bits per heavy atom. The minimum atomic E-state index is -2.52. The molecule has 0 radical (unpaired) electrons. The molecule has 100 valence electrons.